The lowest BCUT2D eigenvalue weighted by molar-refractivity contribution is 0.187. The quantitative estimate of drug-likeness (QED) is 0.684. The minimum absolute atomic E-state index is 0.595. The van der Waals surface area contributed by atoms with Crippen LogP contribution in [0.5, 0.6) is 0 Å². The van der Waals surface area contributed by atoms with E-state index < -0.39 is 0 Å². The van der Waals surface area contributed by atoms with Crippen molar-refractivity contribution in [2.75, 3.05) is 33.9 Å². The number of hydrogen-bond acceptors (Lipinski definition) is 3. The minimum atomic E-state index is 0.595. The Morgan fingerprint density at radius 1 is 1.54 bits per heavy atom. The predicted molar refractivity (Wildman–Crippen MR) is 55.0 cm³/mol. The van der Waals surface area contributed by atoms with Gasteiger partial charge < -0.3 is 15.0 Å². The minimum Gasteiger partial charge on any atom is -0.380 e. The summed E-state index contributed by atoms with van der Waals surface area (Å²) in [6.45, 7) is 5.23. The first-order chi connectivity index (χ1) is 6.18. The van der Waals surface area contributed by atoms with Gasteiger partial charge in [0.05, 0.1) is 6.61 Å². The fourth-order valence-corrected chi connectivity index (χ4v) is 1.60. The first kappa shape index (κ1) is 11.0. The average Bonchev–Trinajstić information content (AvgIpc) is 2.53. The standard InChI is InChI=1S/C10H22N2O/c1-9(4-6-12(2)3)11-10-5-7-13-8-10/h9-11H,4-8H2,1-3H3. The first-order valence-electron chi connectivity index (χ1n) is 5.17. The second-order valence-corrected chi connectivity index (χ2v) is 4.22. The monoisotopic (exact) mass is 186 g/mol. The molecule has 2 atom stereocenters. The summed E-state index contributed by atoms with van der Waals surface area (Å²) >= 11 is 0. The Morgan fingerprint density at radius 2 is 2.31 bits per heavy atom. The van der Waals surface area contributed by atoms with Crippen molar-refractivity contribution in [3.8, 4) is 0 Å². The molecule has 1 rings (SSSR count). The molecule has 0 aromatic heterocycles. The molecular formula is C10H22N2O. The van der Waals surface area contributed by atoms with Crippen LogP contribution in [-0.4, -0.2) is 50.8 Å². The van der Waals surface area contributed by atoms with E-state index >= 15 is 0 Å². The van der Waals surface area contributed by atoms with Gasteiger partial charge >= 0.3 is 0 Å². The highest BCUT2D eigenvalue weighted by Crippen LogP contribution is 2.05. The third-order valence-corrected chi connectivity index (χ3v) is 2.46. The largest absolute Gasteiger partial charge is 0.380 e. The van der Waals surface area contributed by atoms with E-state index in [1.54, 1.807) is 0 Å². The summed E-state index contributed by atoms with van der Waals surface area (Å²) in [6.07, 6.45) is 2.38. The normalized spacial score (nSPS) is 25.4. The van der Waals surface area contributed by atoms with Gasteiger partial charge in [0.1, 0.15) is 0 Å². The van der Waals surface area contributed by atoms with Gasteiger partial charge in [-0.2, -0.15) is 0 Å². The van der Waals surface area contributed by atoms with Crippen molar-refractivity contribution in [3.63, 3.8) is 0 Å². The SMILES string of the molecule is CC(CCN(C)C)NC1CCOC1. The molecule has 0 radical (unpaired) electrons. The zero-order valence-corrected chi connectivity index (χ0v) is 9.05. The van der Waals surface area contributed by atoms with Crippen LogP contribution in [0.4, 0.5) is 0 Å². The van der Waals surface area contributed by atoms with Crippen LogP contribution in [-0.2, 0) is 4.74 Å². The summed E-state index contributed by atoms with van der Waals surface area (Å²) in [7, 11) is 4.23. The van der Waals surface area contributed by atoms with E-state index in [9.17, 15) is 0 Å². The molecule has 3 nitrogen and oxygen atoms in total. The Morgan fingerprint density at radius 3 is 2.85 bits per heavy atom. The van der Waals surface area contributed by atoms with Gasteiger partial charge in [-0.25, -0.2) is 0 Å². The molecule has 1 aliphatic heterocycles. The van der Waals surface area contributed by atoms with Gasteiger partial charge in [-0.15, -0.1) is 0 Å². The summed E-state index contributed by atoms with van der Waals surface area (Å²) in [5, 5.41) is 3.58. The Labute approximate surface area is 81.4 Å². The summed E-state index contributed by atoms with van der Waals surface area (Å²) in [5.74, 6) is 0. The van der Waals surface area contributed by atoms with Gasteiger partial charge in [0, 0.05) is 18.7 Å². The molecular weight excluding hydrogens is 164 g/mol. The predicted octanol–water partition coefficient (Wildman–Crippen LogP) is 0.705. The molecule has 0 aromatic rings. The van der Waals surface area contributed by atoms with Gasteiger partial charge in [0.25, 0.3) is 0 Å². The Kier molecular flexibility index (Phi) is 4.70. The van der Waals surface area contributed by atoms with Crippen molar-refractivity contribution in [1.82, 2.24) is 10.2 Å². The molecule has 1 N–H and O–H groups in total. The number of nitrogens with zero attached hydrogens (tertiary/aromatic N) is 1. The number of rotatable bonds is 5. The number of nitrogens with one attached hydrogen (secondary N) is 1. The molecule has 13 heavy (non-hydrogen) atoms. The van der Waals surface area contributed by atoms with E-state index in [-0.39, 0.29) is 0 Å². The van der Waals surface area contributed by atoms with Gasteiger partial charge in [-0.05, 0) is 40.4 Å². The molecule has 0 aliphatic carbocycles. The van der Waals surface area contributed by atoms with Gasteiger partial charge in [-0.3, -0.25) is 0 Å². The van der Waals surface area contributed by atoms with Gasteiger partial charge in [0.15, 0.2) is 0 Å². The van der Waals surface area contributed by atoms with Crippen molar-refractivity contribution in [3.05, 3.63) is 0 Å². The molecule has 78 valence electrons. The van der Waals surface area contributed by atoms with Crippen LogP contribution >= 0.6 is 0 Å². The van der Waals surface area contributed by atoms with E-state index in [1.165, 1.54) is 12.8 Å². The third-order valence-electron chi connectivity index (χ3n) is 2.46. The van der Waals surface area contributed by atoms with Gasteiger partial charge in [0.2, 0.25) is 0 Å². The highest BCUT2D eigenvalue weighted by molar-refractivity contribution is 4.75. The van der Waals surface area contributed by atoms with Crippen molar-refractivity contribution >= 4 is 0 Å². The number of hydrogen-bond donors (Lipinski definition) is 1. The van der Waals surface area contributed by atoms with Crippen molar-refractivity contribution < 1.29 is 4.74 Å². The maximum absolute atomic E-state index is 5.31. The zero-order chi connectivity index (χ0) is 9.68. The Hall–Kier alpha value is -0.120. The smallest absolute Gasteiger partial charge is 0.0620 e. The summed E-state index contributed by atoms with van der Waals surface area (Å²) in [4.78, 5) is 2.23. The van der Waals surface area contributed by atoms with E-state index in [0.717, 1.165) is 19.8 Å². The van der Waals surface area contributed by atoms with Crippen molar-refractivity contribution in [1.29, 1.82) is 0 Å². The maximum atomic E-state index is 5.31. The lowest BCUT2D eigenvalue weighted by atomic mass is 10.2. The van der Waals surface area contributed by atoms with E-state index in [4.69, 9.17) is 4.74 Å². The second-order valence-electron chi connectivity index (χ2n) is 4.22. The molecule has 0 spiro atoms. The number of ether oxygens (including phenoxy) is 1. The highest BCUT2D eigenvalue weighted by atomic mass is 16.5. The molecule has 2 unspecified atom stereocenters. The maximum Gasteiger partial charge on any atom is 0.0620 e. The van der Waals surface area contributed by atoms with Crippen LogP contribution in [0.1, 0.15) is 19.8 Å². The molecule has 0 saturated carbocycles. The molecule has 3 heteroatoms. The molecule has 1 saturated heterocycles. The molecule has 0 bridgehead atoms. The fraction of sp³-hybridized carbons (Fsp3) is 1.00. The van der Waals surface area contributed by atoms with Crippen molar-refractivity contribution in [2.45, 2.75) is 31.8 Å². The lowest BCUT2D eigenvalue weighted by Crippen LogP contribution is -2.38. The van der Waals surface area contributed by atoms with E-state index in [2.05, 4.69) is 31.2 Å². The topological polar surface area (TPSA) is 24.5 Å². The lowest BCUT2D eigenvalue weighted by Gasteiger charge is -2.19. The Bertz CT molecular complexity index is 133. The highest BCUT2D eigenvalue weighted by Gasteiger charge is 2.16. The molecule has 0 amide bonds. The van der Waals surface area contributed by atoms with Crippen LogP contribution in [0.25, 0.3) is 0 Å². The Balaban J connectivity index is 2.05. The van der Waals surface area contributed by atoms with Crippen LogP contribution < -0.4 is 5.32 Å². The second kappa shape index (κ2) is 5.58. The molecule has 1 fully saturated rings. The molecule has 1 heterocycles. The van der Waals surface area contributed by atoms with Crippen molar-refractivity contribution in [2.24, 2.45) is 0 Å². The van der Waals surface area contributed by atoms with E-state index in [0.29, 0.717) is 12.1 Å². The molecule has 1 aliphatic rings. The zero-order valence-electron chi connectivity index (χ0n) is 9.05. The summed E-state index contributed by atoms with van der Waals surface area (Å²) in [6, 6.07) is 1.20. The van der Waals surface area contributed by atoms with Crippen LogP contribution in [0.15, 0.2) is 0 Å². The average molecular weight is 186 g/mol. The summed E-state index contributed by atoms with van der Waals surface area (Å²) < 4.78 is 5.31. The van der Waals surface area contributed by atoms with Crippen LogP contribution in [0.3, 0.4) is 0 Å². The third kappa shape index (κ3) is 4.60. The summed E-state index contributed by atoms with van der Waals surface area (Å²) in [5.41, 5.74) is 0. The molecule has 0 aromatic carbocycles. The van der Waals surface area contributed by atoms with Gasteiger partial charge in [-0.1, -0.05) is 0 Å². The first-order valence-corrected chi connectivity index (χ1v) is 5.17. The van der Waals surface area contributed by atoms with Crippen LogP contribution in [0.2, 0.25) is 0 Å². The van der Waals surface area contributed by atoms with E-state index in [1.807, 2.05) is 0 Å². The van der Waals surface area contributed by atoms with Crippen LogP contribution in [0, 0.1) is 0 Å². The fourth-order valence-electron chi connectivity index (χ4n) is 1.60.